The van der Waals surface area contributed by atoms with Gasteiger partial charge < -0.3 is 20.9 Å². The molecule has 0 saturated carbocycles. The molecule has 5 rings (SSSR count). The lowest BCUT2D eigenvalue weighted by Crippen LogP contribution is -2.43. The number of benzene rings is 2. The number of nitrogen functional groups attached to an aromatic ring is 1. The Balaban J connectivity index is 1.28. The van der Waals surface area contributed by atoms with Gasteiger partial charge in [-0.25, -0.2) is 0 Å². The molecule has 8 heteroatoms. The molecule has 31 heavy (non-hydrogen) atoms. The predicted molar refractivity (Wildman–Crippen MR) is 124 cm³/mol. The number of amides is 2. The summed E-state index contributed by atoms with van der Waals surface area (Å²) < 4.78 is 0. The van der Waals surface area contributed by atoms with Crippen LogP contribution in [0.15, 0.2) is 71.4 Å². The second-order valence-electron chi connectivity index (χ2n) is 7.48. The number of thioether (sulfide) groups is 1. The largest absolute Gasteiger partial charge is 0.397 e. The third kappa shape index (κ3) is 3.70. The van der Waals surface area contributed by atoms with Crippen LogP contribution in [0.3, 0.4) is 0 Å². The first kappa shape index (κ1) is 19.4. The number of nitrogens with two attached hydrogens (primary N) is 1. The van der Waals surface area contributed by atoms with Crippen LogP contribution >= 0.6 is 11.8 Å². The molecule has 2 aliphatic rings. The minimum absolute atomic E-state index is 0.436. The van der Waals surface area contributed by atoms with Crippen molar-refractivity contribution in [2.45, 2.75) is 6.42 Å². The van der Waals surface area contributed by atoms with E-state index in [2.05, 4.69) is 15.2 Å². The van der Waals surface area contributed by atoms with E-state index in [0.29, 0.717) is 25.2 Å². The molecule has 2 aromatic carbocycles. The molecule has 0 radical (unpaired) electrons. The summed E-state index contributed by atoms with van der Waals surface area (Å²) in [5.74, 6) is -0.415. The van der Waals surface area contributed by atoms with Crippen molar-refractivity contribution in [1.29, 1.82) is 0 Å². The van der Waals surface area contributed by atoms with E-state index < -0.39 is 11.8 Å². The number of carbonyl (C=O) groups excluding carboxylic acids is 2. The monoisotopic (exact) mass is 431 g/mol. The average Bonchev–Trinajstić information content (AvgIpc) is 3.22. The summed E-state index contributed by atoms with van der Waals surface area (Å²) in [6.45, 7) is 0.927. The van der Waals surface area contributed by atoms with Crippen molar-refractivity contribution in [3.63, 3.8) is 0 Å². The Morgan fingerprint density at radius 2 is 1.90 bits per heavy atom. The zero-order valence-electron chi connectivity index (χ0n) is 16.7. The SMILES string of the molecule is Nc1ccccc1N1CSC2=C1CCN(C(=O)C(=O)Nc1cnc3ccccc3c1)C2. The Morgan fingerprint density at radius 1 is 1.10 bits per heavy atom. The third-order valence-corrected chi connectivity index (χ3v) is 6.63. The number of pyridine rings is 1. The molecule has 0 unspecified atom stereocenters. The number of aromatic nitrogens is 1. The van der Waals surface area contributed by atoms with Gasteiger partial charge in [0.1, 0.15) is 0 Å². The lowest BCUT2D eigenvalue weighted by Gasteiger charge is -2.30. The summed E-state index contributed by atoms with van der Waals surface area (Å²) in [4.78, 5) is 34.6. The molecule has 1 aromatic heterocycles. The highest BCUT2D eigenvalue weighted by molar-refractivity contribution is 8.03. The second kappa shape index (κ2) is 7.96. The lowest BCUT2D eigenvalue weighted by molar-refractivity contribution is -0.142. The third-order valence-electron chi connectivity index (χ3n) is 5.53. The van der Waals surface area contributed by atoms with Crippen molar-refractivity contribution in [3.8, 4) is 0 Å². The standard InChI is InChI=1S/C23H21N5O2S/c24-17-6-2-4-8-19(17)28-14-31-21-13-27(10-9-20(21)28)23(30)22(29)26-16-11-15-5-1-3-7-18(15)25-12-16/h1-8,11-12H,9-10,13-14,24H2,(H,26,29). The first-order chi connectivity index (χ1) is 15.1. The Hall–Kier alpha value is -3.52. The highest BCUT2D eigenvalue weighted by Crippen LogP contribution is 2.41. The van der Waals surface area contributed by atoms with E-state index >= 15 is 0 Å². The quantitative estimate of drug-likeness (QED) is 0.477. The maximum absolute atomic E-state index is 12.8. The fraction of sp³-hybridized carbons (Fsp3) is 0.174. The van der Waals surface area contributed by atoms with E-state index in [1.54, 1.807) is 22.9 Å². The summed E-state index contributed by atoms with van der Waals surface area (Å²) in [7, 11) is 0. The van der Waals surface area contributed by atoms with E-state index in [1.807, 2.05) is 54.6 Å². The zero-order valence-corrected chi connectivity index (χ0v) is 17.6. The van der Waals surface area contributed by atoms with Crippen molar-refractivity contribution >= 4 is 51.5 Å². The van der Waals surface area contributed by atoms with Gasteiger partial charge in [0.05, 0.1) is 41.2 Å². The van der Waals surface area contributed by atoms with Crippen LogP contribution in [0.25, 0.3) is 10.9 Å². The first-order valence-electron chi connectivity index (χ1n) is 10.0. The number of hydrogen-bond acceptors (Lipinski definition) is 6. The van der Waals surface area contributed by atoms with Crippen molar-refractivity contribution in [2.75, 3.05) is 34.9 Å². The summed E-state index contributed by atoms with van der Waals surface area (Å²) in [5, 5.41) is 3.60. The van der Waals surface area contributed by atoms with Crippen molar-refractivity contribution < 1.29 is 9.59 Å². The Kier molecular flexibility index (Phi) is 4.99. The topological polar surface area (TPSA) is 91.6 Å². The molecule has 7 nitrogen and oxygen atoms in total. The van der Waals surface area contributed by atoms with Crippen LogP contribution in [-0.4, -0.2) is 40.7 Å². The molecular weight excluding hydrogens is 410 g/mol. The number of para-hydroxylation sites is 3. The van der Waals surface area contributed by atoms with Crippen LogP contribution in [-0.2, 0) is 9.59 Å². The van der Waals surface area contributed by atoms with Crippen LogP contribution in [0.4, 0.5) is 17.1 Å². The smallest absolute Gasteiger partial charge is 0.313 e. The molecule has 3 heterocycles. The van der Waals surface area contributed by atoms with Gasteiger partial charge in [-0.05, 0) is 24.3 Å². The number of carbonyl (C=O) groups is 2. The summed E-state index contributed by atoms with van der Waals surface area (Å²) in [6.07, 6.45) is 2.26. The van der Waals surface area contributed by atoms with Gasteiger partial charge in [0.25, 0.3) is 0 Å². The van der Waals surface area contributed by atoms with Gasteiger partial charge >= 0.3 is 11.8 Å². The van der Waals surface area contributed by atoms with Crippen LogP contribution in [0.5, 0.6) is 0 Å². The van der Waals surface area contributed by atoms with Crippen LogP contribution in [0, 0.1) is 0 Å². The van der Waals surface area contributed by atoms with Crippen LogP contribution in [0.1, 0.15) is 6.42 Å². The van der Waals surface area contributed by atoms with Gasteiger partial charge in [-0.1, -0.05) is 30.3 Å². The van der Waals surface area contributed by atoms with E-state index in [0.717, 1.165) is 33.1 Å². The molecule has 2 aliphatic heterocycles. The van der Waals surface area contributed by atoms with Gasteiger partial charge in [0.2, 0.25) is 0 Å². The predicted octanol–water partition coefficient (Wildman–Crippen LogP) is 3.41. The fourth-order valence-electron chi connectivity index (χ4n) is 3.95. The number of nitrogens with zero attached hydrogens (tertiary/aromatic N) is 3. The van der Waals surface area contributed by atoms with Gasteiger partial charge in [-0.3, -0.25) is 14.6 Å². The summed E-state index contributed by atoms with van der Waals surface area (Å²) in [6, 6.07) is 17.2. The number of fused-ring (bicyclic) bond motifs is 1. The molecule has 0 bridgehead atoms. The van der Waals surface area contributed by atoms with Crippen molar-refractivity contribution in [3.05, 3.63) is 71.4 Å². The molecule has 0 atom stereocenters. The summed E-state index contributed by atoms with van der Waals surface area (Å²) >= 11 is 1.69. The highest BCUT2D eigenvalue weighted by atomic mass is 32.2. The number of rotatable bonds is 2. The molecule has 2 amide bonds. The minimum Gasteiger partial charge on any atom is -0.397 e. The highest BCUT2D eigenvalue weighted by Gasteiger charge is 2.33. The molecule has 0 fully saturated rings. The van der Waals surface area contributed by atoms with E-state index in [4.69, 9.17) is 5.73 Å². The Labute approximate surface area is 183 Å². The molecular formula is C23H21N5O2S. The number of anilines is 3. The first-order valence-corrected chi connectivity index (χ1v) is 11.0. The van der Waals surface area contributed by atoms with Gasteiger partial charge in [0, 0.05) is 29.0 Å². The van der Waals surface area contributed by atoms with Crippen LogP contribution < -0.4 is 16.0 Å². The van der Waals surface area contributed by atoms with Crippen molar-refractivity contribution in [2.24, 2.45) is 0 Å². The Morgan fingerprint density at radius 3 is 2.77 bits per heavy atom. The maximum atomic E-state index is 12.8. The van der Waals surface area contributed by atoms with Crippen molar-refractivity contribution in [1.82, 2.24) is 9.88 Å². The summed E-state index contributed by atoms with van der Waals surface area (Å²) in [5.41, 5.74) is 10.4. The van der Waals surface area contributed by atoms with E-state index in [9.17, 15) is 9.59 Å². The molecule has 3 aromatic rings. The fourth-order valence-corrected chi connectivity index (χ4v) is 5.15. The van der Waals surface area contributed by atoms with E-state index in [1.165, 1.54) is 5.70 Å². The average molecular weight is 432 g/mol. The van der Waals surface area contributed by atoms with Gasteiger partial charge in [-0.2, -0.15) is 0 Å². The van der Waals surface area contributed by atoms with E-state index in [-0.39, 0.29) is 0 Å². The minimum atomic E-state index is -0.645. The zero-order chi connectivity index (χ0) is 21.4. The molecule has 0 saturated heterocycles. The number of hydrogen-bond donors (Lipinski definition) is 2. The van der Waals surface area contributed by atoms with Gasteiger partial charge in [-0.15, -0.1) is 11.8 Å². The normalized spacial score (nSPS) is 15.9. The van der Waals surface area contributed by atoms with Crippen LogP contribution in [0.2, 0.25) is 0 Å². The maximum Gasteiger partial charge on any atom is 0.313 e. The Bertz CT molecular complexity index is 1230. The van der Waals surface area contributed by atoms with Gasteiger partial charge in [0.15, 0.2) is 0 Å². The molecule has 0 aliphatic carbocycles. The molecule has 0 spiro atoms. The molecule has 156 valence electrons. The number of nitrogens with one attached hydrogen (secondary N) is 1. The second-order valence-corrected chi connectivity index (χ2v) is 8.52. The molecule has 3 N–H and O–H groups in total. The lowest BCUT2D eigenvalue weighted by atomic mass is 10.1.